The molecule has 130 valence electrons. The van der Waals surface area contributed by atoms with Crippen LogP contribution in [0.2, 0.25) is 0 Å². The van der Waals surface area contributed by atoms with Crippen molar-refractivity contribution in [3.63, 3.8) is 0 Å². The lowest BCUT2D eigenvalue weighted by atomic mass is 10.2. The van der Waals surface area contributed by atoms with Gasteiger partial charge in [0, 0.05) is 45.0 Å². The molecule has 2 heterocycles. The largest absolute Gasteiger partial charge is 0.378 e. The van der Waals surface area contributed by atoms with Crippen LogP contribution in [0.1, 0.15) is 0 Å². The van der Waals surface area contributed by atoms with Gasteiger partial charge < -0.3 is 19.4 Å². The first-order chi connectivity index (χ1) is 11.6. The van der Waals surface area contributed by atoms with Gasteiger partial charge in [0.2, 0.25) is 0 Å². The molecule has 0 saturated carbocycles. The minimum absolute atomic E-state index is 0.163. The summed E-state index contributed by atoms with van der Waals surface area (Å²) < 4.78 is 18.2. The van der Waals surface area contributed by atoms with Gasteiger partial charge >= 0.3 is 6.03 Å². The van der Waals surface area contributed by atoms with Crippen molar-refractivity contribution < 1.29 is 13.9 Å². The van der Waals surface area contributed by atoms with E-state index >= 15 is 0 Å². The summed E-state index contributed by atoms with van der Waals surface area (Å²) >= 11 is 5.36. The Labute approximate surface area is 146 Å². The standard InChI is InChI=1S/C16H21FN4O2S/c17-13-1-3-14(4-2-13)19-5-7-21(8-6-19)16(24)18-15(22)20-9-11-23-12-10-20/h1-4H,5-12H2,(H,18,22,24). The molecule has 24 heavy (non-hydrogen) atoms. The van der Waals surface area contributed by atoms with Crippen LogP contribution in [-0.4, -0.2) is 73.4 Å². The summed E-state index contributed by atoms with van der Waals surface area (Å²) in [5.41, 5.74) is 0.999. The molecule has 1 N–H and O–H groups in total. The molecule has 6 nitrogen and oxygen atoms in total. The van der Waals surface area contributed by atoms with Gasteiger partial charge in [-0.3, -0.25) is 5.32 Å². The third-order valence-corrected chi connectivity index (χ3v) is 4.63. The zero-order valence-electron chi connectivity index (χ0n) is 13.4. The number of ether oxygens (including phenoxy) is 1. The van der Waals surface area contributed by atoms with E-state index in [9.17, 15) is 9.18 Å². The van der Waals surface area contributed by atoms with Crippen LogP contribution in [-0.2, 0) is 4.74 Å². The molecular weight excluding hydrogens is 331 g/mol. The van der Waals surface area contributed by atoms with Crippen molar-refractivity contribution in [1.82, 2.24) is 15.1 Å². The molecule has 8 heteroatoms. The molecular formula is C16H21FN4O2S. The van der Waals surface area contributed by atoms with Crippen LogP contribution < -0.4 is 10.2 Å². The lowest BCUT2D eigenvalue weighted by Crippen LogP contribution is -2.55. The highest BCUT2D eigenvalue weighted by Gasteiger charge is 2.23. The van der Waals surface area contributed by atoms with Crippen molar-refractivity contribution in [3.8, 4) is 0 Å². The van der Waals surface area contributed by atoms with Crippen molar-refractivity contribution in [1.29, 1.82) is 0 Å². The van der Waals surface area contributed by atoms with Gasteiger partial charge in [0.05, 0.1) is 13.2 Å². The smallest absolute Gasteiger partial charge is 0.323 e. The number of hydrogen-bond donors (Lipinski definition) is 1. The molecule has 2 aliphatic heterocycles. The fourth-order valence-electron chi connectivity index (χ4n) is 2.84. The van der Waals surface area contributed by atoms with Crippen LogP contribution in [0.5, 0.6) is 0 Å². The Bertz CT molecular complexity index is 584. The summed E-state index contributed by atoms with van der Waals surface area (Å²) in [7, 11) is 0. The van der Waals surface area contributed by atoms with Crippen molar-refractivity contribution >= 4 is 29.0 Å². The van der Waals surface area contributed by atoms with Crippen LogP contribution in [0.15, 0.2) is 24.3 Å². The van der Waals surface area contributed by atoms with E-state index in [0.717, 1.165) is 31.9 Å². The molecule has 0 atom stereocenters. The molecule has 2 aliphatic rings. The predicted octanol–water partition coefficient (Wildman–Crippen LogP) is 1.27. The number of halogens is 1. The van der Waals surface area contributed by atoms with Crippen LogP contribution >= 0.6 is 12.2 Å². The highest BCUT2D eigenvalue weighted by atomic mass is 32.1. The molecule has 0 spiro atoms. The summed E-state index contributed by atoms with van der Waals surface area (Å²) in [4.78, 5) is 18.1. The minimum Gasteiger partial charge on any atom is -0.378 e. The molecule has 2 fully saturated rings. The lowest BCUT2D eigenvalue weighted by Gasteiger charge is -2.37. The number of urea groups is 1. The monoisotopic (exact) mass is 352 g/mol. The minimum atomic E-state index is -0.232. The Morgan fingerprint density at radius 1 is 1.00 bits per heavy atom. The van der Waals surface area contributed by atoms with E-state index in [0.29, 0.717) is 31.4 Å². The number of nitrogens with one attached hydrogen (secondary N) is 1. The molecule has 3 rings (SSSR count). The van der Waals surface area contributed by atoms with Gasteiger partial charge in [0.1, 0.15) is 5.82 Å². The first-order valence-corrected chi connectivity index (χ1v) is 8.47. The molecule has 2 amide bonds. The zero-order valence-corrected chi connectivity index (χ0v) is 14.2. The highest BCUT2D eigenvalue weighted by Crippen LogP contribution is 2.17. The van der Waals surface area contributed by atoms with Crippen molar-refractivity contribution in [3.05, 3.63) is 30.1 Å². The quantitative estimate of drug-likeness (QED) is 0.772. The highest BCUT2D eigenvalue weighted by molar-refractivity contribution is 7.80. The molecule has 1 aromatic carbocycles. The van der Waals surface area contributed by atoms with E-state index in [1.807, 2.05) is 4.90 Å². The molecule has 1 aromatic rings. The Balaban J connectivity index is 1.48. The van der Waals surface area contributed by atoms with E-state index < -0.39 is 0 Å². The van der Waals surface area contributed by atoms with E-state index in [4.69, 9.17) is 17.0 Å². The Morgan fingerprint density at radius 2 is 1.62 bits per heavy atom. The lowest BCUT2D eigenvalue weighted by molar-refractivity contribution is 0.0541. The molecule has 0 aromatic heterocycles. The number of amides is 2. The van der Waals surface area contributed by atoms with Crippen LogP contribution in [0.3, 0.4) is 0 Å². The van der Waals surface area contributed by atoms with Crippen molar-refractivity contribution in [2.75, 3.05) is 57.4 Å². The van der Waals surface area contributed by atoms with E-state index in [2.05, 4.69) is 10.2 Å². The summed E-state index contributed by atoms with van der Waals surface area (Å²) in [5, 5.41) is 3.27. The average Bonchev–Trinajstić information content (AvgIpc) is 2.63. The topological polar surface area (TPSA) is 48.1 Å². The molecule has 2 saturated heterocycles. The second kappa shape index (κ2) is 7.76. The number of hydrogen-bond acceptors (Lipinski definition) is 4. The number of anilines is 1. The fraction of sp³-hybridized carbons (Fsp3) is 0.500. The number of rotatable bonds is 1. The predicted molar refractivity (Wildman–Crippen MR) is 93.7 cm³/mol. The third kappa shape index (κ3) is 4.12. The Morgan fingerprint density at radius 3 is 2.25 bits per heavy atom. The fourth-order valence-corrected chi connectivity index (χ4v) is 3.11. The van der Waals surface area contributed by atoms with Crippen LogP contribution in [0.25, 0.3) is 0 Å². The average molecular weight is 352 g/mol. The van der Waals surface area contributed by atoms with E-state index in [1.165, 1.54) is 12.1 Å². The van der Waals surface area contributed by atoms with E-state index in [-0.39, 0.29) is 11.8 Å². The first-order valence-electron chi connectivity index (χ1n) is 8.06. The SMILES string of the molecule is O=C(NC(=S)N1CCN(c2ccc(F)cc2)CC1)N1CCOCC1. The Kier molecular flexibility index (Phi) is 5.47. The molecule has 0 bridgehead atoms. The summed E-state index contributed by atoms with van der Waals surface area (Å²) in [6, 6.07) is 6.33. The number of morpholine rings is 1. The van der Waals surface area contributed by atoms with Gasteiger partial charge in [-0.2, -0.15) is 0 Å². The van der Waals surface area contributed by atoms with Gasteiger partial charge in [-0.15, -0.1) is 0 Å². The number of carbonyl (C=O) groups excluding carboxylic acids is 1. The number of piperazine rings is 1. The van der Waals surface area contributed by atoms with Crippen LogP contribution in [0, 0.1) is 5.82 Å². The maximum atomic E-state index is 13.0. The summed E-state index contributed by atoms with van der Waals surface area (Å²) in [6.45, 7) is 5.31. The second-order valence-corrected chi connectivity index (χ2v) is 6.17. The summed E-state index contributed by atoms with van der Waals surface area (Å²) in [6.07, 6.45) is 0. The summed E-state index contributed by atoms with van der Waals surface area (Å²) in [5.74, 6) is -0.232. The Hall–Kier alpha value is -1.93. The maximum absolute atomic E-state index is 13.0. The number of benzene rings is 1. The van der Waals surface area contributed by atoms with Gasteiger partial charge in [0.15, 0.2) is 5.11 Å². The zero-order chi connectivity index (χ0) is 16.9. The van der Waals surface area contributed by atoms with Gasteiger partial charge in [-0.05, 0) is 36.5 Å². The van der Waals surface area contributed by atoms with Crippen molar-refractivity contribution in [2.45, 2.75) is 0 Å². The van der Waals surface area contributed by atoms with Gasteiger partial charge in [0.25, 0.3) is 0 Å². The number of thiocarbonyl (C=S) groups is 1. The molecule has 0 aliphatic carbocycles. The maximum Gasteiger partial charge on any atom is 0.323 e. The number of nitrogens with zero attached hydrogens (tertiary/aromatic N) is 3. The third-order valence-electron chi connectivity index (χ3n) is 4.27. The van der Waals surface area contributed by atoms with Crippen LogP contribution in [0.4, 0.5) is 14.9 Å². The normalized spacial score (nSPS) is 18.5. The molecule has 0 radical (unpaired) electrons. The second-order valence-electron chi connectivity index (χ2n) is 5.79. The van der Waals surface area contributed by atoms with E-state index in [1.54, 1.807) is 17.0 Å². The van der Waals surface area contributed by atoms with Gasteiger partial charge in [-0.25, -0.2) is 9.18 Å². The molecule has 0 unspecified atom stereocenters. The van der Waals surface area contributed by atoms with Crippen molar-refractivity contribution in [2.24, 2.45) is 0 Å². The van der Waals surface area contributed by atoms with Gasteiger partial charge in [-0.1, -0.05) is 0 Å². The first kappa shape index (κ1) is 16.9. The number of carbonyl (C=O) groups is 1.